The van der Waals surface area contributed by atoms with Gasteiger partial charge in [-0.3, -0.25) is 0 Å². The minimum atomic E-state index is -0.218. The average Bonchev–Trinajstić information content (AvgIpc) is 3.48. The molecule has 7 unspecified atom stereocenters. The summed E-state index contributed by atoms with van der Waals surface area (Å²) in [4.78, 5) is 0. The van der Waals surface area contributed by atoms with Gasteiger partial charge in [0.2, 0.25) is 0 Å². The third-order valence-corrected chi connectivity index (χ3v) is 9.97. The molecule has 5 aliphatic rings. The molecule has 2 nitrogen and oxygen atoms in total. The van der Waals surface area contributed by atoms with Crippen LogP contribution in [0.5, 0.6) is 0 Å². The monoisotopic (exact) mass is 396 g/mol. The zero-order chi connectivity index (χ0) is 20.4. The van der Waals surface area contributed by atoms with E-state index < -0.39 is 0 Å². The van der Waals surface area contributed by atoms with E-state index in [0.29, 0.717) is 23.2 Å². The SMILES string of the molecule is CC(/C=C/C(O)C1CC1)C1CCC2C3=CC=C4C[C@@H](O)CCC4(C)C3CCC21C. The molecule has 5 aliphatic carbocycles. The van der Waals surface area contributed by atoms with Crippen LogP contribution in [0.3, 0.4) is 0 Å². The van der Waals surface area contributed by atoms with Gasteiger partial charge in [0.05, 0.1) is 12.2 Å². The Kier molecular flexibility index (Phi) is 4.91. The third kappa shape index (κ3) is 3.21. The molecule has 5 rings (SSSR count). The Labute approximate surface area is 177 Å². The van der Waals surface area contributed by atoms with Gasteiger partial charge >= 0.3 is 0 Å². The summed E-state index contributed by atoms with van der Waals surface area (Å²) >= 11 is 0. The molecule has 2 heteroatoms. The van der Waals surface area contributed by atoms with Crippen LogP contribution in [0.2, 0.25) is 0 Å². The number of hydrogen-bond donors (Lipinski definition) is 2. The third-order valence-electron chi connectivity index (χ3n) is 9.97. The minimum Gasteiger partial charge on any atom is -0.393 e. The summed E-state index contributed by atoms with van der Waals surface area (Å²) in [6.45, 7) is 7.44. The number of rotatable bonds is 4. The van der Waals surface area contributed by atoms with E-state index in [0.717, 1.165) is 31.1 Å². The van der Waals surface area contributed by atoms with E-state index in [1.807, 2.05) is 0 Å². The molecule has 0 aromatic rings. The Morgan fingerprint density at radius 2 is 1.76 bits per heavy atom. The van der Waals surface area contributed by atoms with Crippen LogP contribution >= 0.6 is 0 Å². The Morgan fingerprint density at radius 3 is 2.52 bits per heavy atom. The first-order valence-electron chi connectivity index (χ1n) is 12.3. The standard InChI is InChI=1S/C27H40O2/c1-17(4-11-25(29)18-5-6-18)22-9-10-23-21-8-7-19-16-20(28)12-14-26(19,2)24(21)13-15-27(22,23)3/h4,7-8,11,17-18,20,22-25,28-29H,5-6,9-10,12-16H2,1-3H3/b11-4+/t17?,20-,22?,23?,24?,25?,26?,27?/m0/s1. The summed E-state index contributed by atoms with van der Waals surface area (Å²) in [6, 6.07) is 0. The summed E-state index contributed by atoms with van der Waals surface area (Å²) in [6.07, 6.45) is 19.6. The Hall–Kier alpha value is -0.860. The van der Waals surface area contributed by atoms with Crippen molar-refractivity contribution in [3.05, 3.63) is 35.5 Å². The summed E-state index contributed by atoms with van der Waals surface area (Å²) in [5.74, 6) is 3.21. The van der Waals surface area contributed by atoms with Crippen LogP contribution in [0.1, 0.15) is 78.6 Å². The van der Waals surface area contributed by atoms with Crippen LogP contribution in [0, 0.1) is 40.4 Å². The summed E-state index contributed by atoms with van der Waals surface area (Å²) in [7, 11) is 0. The van der Waals surface area contributed by atoms with Gasteiger partial charge in [0.15, 0.2) is 0 Å². The summed E-state index contributed by atoms with van der Waals surface area (Å²) in [5.41, 5.74) is 3.92. The average molecular weight is 397 g/mol. The number of allylic oxidation sites excluding steroid dienone is 4. The minimum absolute atomic E-state index is 0.132. The van der Waals surface area contributed by atoms with E-state index in [1.165, 1.54) is 44.1 Å². The molecule has 2 N–H and O–H groups in total. The van der Waals surface area contributed by atoms with Gasteiger partial charge in [-0.05, 0) is 98.2 Å². The molecular weight excluding hydrogens is 356 g/mol. The first-order chi connectivity index (χ1) is 13.8. The van der Waals surface area contributed by atoms with Gasteiger partial charge in [-0.25, -0.2) is 0 Å². The quantitative estimate of drug-likeness (QED) is 0.589. The maximum Gasteiger partial charge on any atom is 0.0749 e. The van der Waals surface area contributed by atoms with Crippen molar-refractivity contribution in [3.8, 4) is 0 Å². The molecular formula is C27H40O2. The second-order valence-corrected chi connectivity index (χ2v) is 11.6. The predicted octanol–water partition coefficient (Wildman–Crippen LogP) is 5.81. The molecule has 0 heterocycles. The molecule has 0 spiro atoms. The van der Waals surface area contributed by atoms with Crippen LogP contribution in [0.4, 0.5) is 0 Å². The second kappa shape index (κ2) is 7.09. The molecule has 160 valence electrons. The lowest BCUT2D eigenvalue weighted by Crippen LogP contribution is -2.46. The maximum absolute atomic E-state index is 10.3. The molecule has 0 aliphatic heterocycles. The molecule has 4 fully saturated rings. The number of hydrogen-bond acceptors (Lipinski definition) is 2. The maximum atomic E-state index is 10.3. The molecule has 0 amide bonds. The zero-order valence-corrected chi connectivity index (χ0v) is 18.6. The second-order valence-electron chi connectivity index (χ2n) is 11.6. The van der Waals surface area contributed by atoms with Crippen molar-refractivity contribution in [1.82, 2.24) is 0 Å². The van der Waals surface area contributed by atoms with Gasteiger partial charge in [-0.1, -0.05) is 56.2 Å². The fourth-order valence-electron chi connectivity index (χ4n) is 7.91. The molecule has 0 aromatic carbocycles. The Balaban J connectivity index is 1.37. The first kappa shape index (κ1) is 20.1. The van der Waals surface area contributed by atoms with Gasteiger partial charge in [0.1, 0.15) is 0 Å². The van der Waals surface area contributed by atoms with Crippen molar-refractivity contribution in [1.29, 1.82) is 0 Å². The molecule has 4 saturated carbocycles. The van der Waals surface area contributed by atoms with E-state index in [1.54, 1.807) is 5.57 Å². The van der Waals surface area contributed by atoms with Crippen LogP contribution in [-0.2, 0) is 0 Å². The predicted molar refractivity (Wildman–Crippen MR) is 118 cm³/mol. The van der Waals surface area contributed by atoms with Crippen molar-refractivity contribution in [3.63, 3.8) is 0 Å². The van der Waals surface area contributed by atoms with Gasteiger partial charge in [-0.2, -0.15) is 0 Å². The van der Waals surface area contributed by atoms with E-state index in [2.05, 4.69) is 45.1 Å². The zero-order valence-electron chi connectivity index (χ0n) is 18.6. The van der Waals surface area contributed by atoms with Gasteiger partial charge in [0, 0.05) is 0 Å². The summed E-state index contributed by atoms with van der Waals surface area (Å²) < 4.78 is 0. The van der Waals surface area contributed by atoms with E-state index >= 15 is 0 Å². The topological polar surface area (TPSA) is 40.5 Å². The Morgan fingerprint density at radius 1 is 0.966 bits per heavy atom. The first-order valence-corrected chi connectivity index (χ1v) is 12.3. The van der Waals surface area contributed by atoms with E-state index in [9.17, 15) is 10.2 Å². The molecule has 0 aromatic heterocycles. The summed E-state index contributed by atoms with van der Waals surface area (Å²) in [5, 5.41) is 20.5. The Bertz CT molecular complexity index is 744. The van der Waals surface area contributed by atoms with Crippen molar-refractivity contribution in [2.45, 2.75) is 90.8 Å². The lowest BCUT2D eigenvalue weighted by Gasteiger charge is -2.55. The van der Waals surface area contributed by atoms with Crippen LogP contribution in [0.25, 0.3) is 0 Å². The highest BCUT2D eigenvalue weighted by Crippen LogP contribution is 2.66. The molecule has 0 saturated heterocycles. The van der Waals surface area contributed by atoms with Crippen LogP contribution in [0.15, 0.2) is 35.5 Å². The number of aliphatic hydroxyl groups is 2. The van der Waals surface area contributed by atoms with Crippen molar-refractivity contribution >= 4 is 0 Å². The smallest absolute Gasteiger partial charge is 0.0749 e. The van der Waals surface area contributed by atoms with Crippen molar-refractivity contribution in [2.24, 2.45) is 40.4 Å². The molecule has 8 atom stereocenters. The van der Waals surface area contributed by atoms with Gasteiger partial charge in [0.25, 0.3) is 0 Å². The molecule has 29 heavy (non-hydrogen) atoms. The fraction of sp³-hybridized carbons (Fsp3) is 0.778. The lowest BCUT2D eigenvalue weighted by molar-refractivity contribution is 0.0382. The number of aliphatic hydroxyl groups excluding tert-OH is 2. The molecule has 0 radical (unpaired) electrons. The lowest BCUT2D eigenvalue weighted by atomic mass is 9.50. The fourth-order valence-corrected chi connectivity index (χ4v) is 7.91. The van der Waals surface area contributed by atoms with E-state index in [-0.39, 0.29) is 17.6 Å². The highest BCUT2D eigenvalue weighted by atomic mass is 16.3. The van der Waals surface area contributed by atoms with Crippen molar-refractivity contribution < 1.29 is 10.2 Å². The normalized spacial score (nSPS) is 46.4. The highest BCUT2D eigenvalue weighted by molar-refractivity contribution is 5.39. The van der Waals surface area contributed by atoms with Crippen LogP contribution in [-0.4, -0.2) is 22.4 Å². The van der Waals surface area contributed by atoms with Crippen molar-refractivity contribution in [2.75, 3.05) is 0 Å². The largest absolute Gasteiger partial charge is 0.393 e. The highest BCUT2D eigenvalue weighted by Gasteiger charge is 2.56. The molecule has 0 bridgehead atoms. The van der Waals surface area contributed by atoms with Gasteiger partial charge in [-0.15, -0.1) is 0 Å². The van der Waals surface area contributed by atoms with Crippen LogP contribution < -0.4 is 0 Å². The van der Waals surface area contributed by atoms with E-state index in [4.69, 9.17) is 0 Å². The van der Waals surface area contributed by atoms with Gasteiger partial charge < -0.3 is 10.2 Å². The number of fused-ring (bicyclic) bond motifs is 5.